The number of hydrogen-bond donors (Lipinski definition) is 3. The van der Waals surface area contributed by atoms with E-state index in [1.165, 1.54) is 5.56 Å². The van der Waals surface area contributed by atoms with Crippen LogP contribution in [0.3, 0.4) is 0 Å². The molecule has 0 radical (unpaired) electrons. The first-order valence-electron chi connectivity index (χ1n) is 6.44. The first-order chi connectivity index (χ1) is 8.91. The molecular weight excluding hydrogens is 256 g/mol. The maximum atomic E-state index is 11.9. The molecule has 1 heterocycles. The quantitative estimate of drug-likeness (QED) is 0.741. The predicted octanol–water partition coefficient (Wildman–Crippen LogP) is 3.13. The van der Waals surface area contributed by atoms with Gasteiger partial charge in [-0.15, -0.1) is 0 Å². The molecule has 1 amide bonds. The number of aromatic amines is 1. The van der Waals surface area contributed by atoms with E-state index >= 15 is 0 Å². The number of aromatic nitrogens is 1. The van der Waals surface area contributed by atoms with Gasteiger partial charge < -0.3 is 10.3 Å². The molecule has 2 rings (SSSR count). The highest BCUT2D eigenvalue weighted by Crippen LogP contribution is 2.26. The fraction of sp³-hybridized carbons (Fsp3) is 0.400. The molecule has 19 heavy (non-hydrogen) atoms. The molecule has 1 aromatic carbocycles. The molecule has 0 aliphatic rings. The molecule has 2 aromatic rings. The second-order valence-corrected chi connectivity index (χ2v) is 6.16. The van der Waals surface area contributed by atoms with Crippen LogP contribution in [0.4, 0.5) is 0 Å². The molecular formula is C15H20N2OS. The third-order valence-corrected chi connectivity index (χ3v) is 3.35. The first-order valence-corrected chi connectivity index (χ1v) is 7.07. The van der Waals surface area contributed by atoms with E-state index in [0.717, 1.165) is 10.9 Å². The monoisotopic (exact) mass is 276 g/mol. The molecule has 0 saturated heterocycles. The fourth-order valence-corrected chi connectivity index (χ4v) is 2.10. The third-order valence-electron chi connectivity index (χ3n) is 3.13. The first kappa shape index (κ1) is 14.0. The van der Waals surface area contributed by atoms with E-state index in [1.807, 2.05) is 12.1 Å². The smallest absolute Gasteiger partial charge is 0.267 e. The van der Waals surface area contributed by atoms with Crippen LogP contribution in [0.15, 0.2) is 24.3 Å². The number of carbonyl (C=O) groups excluding carboxylic acids is 1. The summed E-state index contributed by atoms with van der Waals surface area (Å²) >= 11 is 4.08. The van der Waals surface area contributed by atoms with Crippen molar-refractivity contribution in [1.29, 1.82) is 0 Å². The molecule has 0 atom stereocenters. The zero-order valence-corrected chi connectivity index (χ0v) is 12.5. The van der Waals surface area contributed by atoms with Crippen molar-refractivity contribution in [3.8, 4) is 0 Å². The molecule has 102 valence electrons. The van der Waals surface area contributed by atoms with Gasteiger partial charge in [-0.25, -0.2) is 0 Å². The molecule has 3 nitrogen and oxygen atoms in total. The van der Waals surface area contributed by atoms with Crippen LogP contribution in [0.1, 0.15) is 36.8 Å². The van der Waals surface area contributed by atoms with E-state index in [9.17, 15) is 4.79 Å². The number of H-pyrrole nitrogens is 1. The van der Waals surface area contributed by atoms with Gasteiger partial charge in [0.25, 0.3) is 5.91 Å². The van der Waals surface area contributed by atoms with E-state index < -0.39 is 0 Å². The van der Waals surface area contributed by atoms with Gasteiger partial charge in [0.2, 0.25) is 0 Å². The third kappa shape index (κ3) is 3.13. The van der Waals surface area contributed by atoms with Crippen LogP contribution in [0.2, 0.25) is 0 Å². The molecule has 0 spiro atoms. The molecule has 4 heteroatoms. The highest BCUT2D eigenvalue weighted by Gasteiger charge is 2.15. The second kappa shape index (κ2) is 5.29. The van der Waals surface area contributed by atoms with Crippen LogP contribution in [-0.4, -0.2) is 23.2 Å². The van der Waals surface area contributed by atoms with Gasteiger partial charge in [-0.1, -0.05) is 26.8 Å². The standard InChI is InChI=1S/C15H20N2OS/c1-15(2,3)11-4-5-12-10(8-11)9-13(17-12)14(18)16-6-7-19/h4-5,8-9,17,19H,6-7H2,1-3H3,(H,16,18). The van der Waals surface area contributed by atoms with Crippen molar-refractivity contribution in [1.82, 2.24) is 10.3 Å². The second-order valence-electron chi connectivity index (χ2n) is 5.71. The Morgan fingerprint density at radius 2 is 2.05 bits per heavy atom. The van der Waals surface area contributed by atoms with Gasteiger partial charge in [-0.05, 0) is 29.2 Å². The van der Waals surface area contributed by atoms with Crippen LogP contribution in [-0.2, 0) is 5.41 Å². The molecule has 2 N–H and O–H groups in total. The van der Waals surface area contributed by atoms with Gasteiger partial charge in [0.1, 0.15) is 5.69 Å². The average Bonchev–Trinajstić information content (AvgIpc) is 2.77. The highest BCUT2D eigenvalue weighted by atomic mass is 32.1. The van der Waals surface area contributed by atoms with E-state index in [2.05, 4.69) is 55.8 Å². The SMILES string of the molecule is CC(C)(C)c1ccc2[nH]c(C(=O)NCCS)cc2c1. The molecule has 0 aliphatic heterocycles. The van der Waals surface area contributed by atoms with Crippen molar-refractivity contribution >= 4 is 29.4 Å². The lowest BCUT2D eigenvalue weighted by atomic mass is 9.86. The molecule has 0 bridgehead atoms. The van der Waals surface area contributed by atoms with Crippen LogP contribution in [0.5, 0.6) is 0 Å². The summed E-state index contributed by atoms with van der Waals surface area (Å²) in [5, 5.41) is 3.88. The Morgan fingerprint density at radius 1 is 1.32 bits per heavy atom. The van der Waals surface area contributed by atoms with Crippen molar-refractivity contribution < 1.29 is 4.79 Å². The Balaban J connectivity index is 2.33. The summed E-state index contributed by atoms with van der Waals surface area (Å²) in [5.74, 6) is 0.558. The predicted molar refractivity (Wildman–Crippen MR) is 83.2 cm³/mol. The number of nitrogens with one attached hydrogen (secondary N) is 2. The largest absolute Gasteiger partial charge is 0.351 e. The Kier molecular flexibility index (Phi) is 3.90. The van der Waals surface area contributed by atoms with Crippen molar-refractivity contribution in [3.05, 3.63) is 35.5 Å². The minimum absolute atomic E-state index is 0.0810. The number of thiol groups is 1. The summed E-state index contributed by atoms with van der Waals surface area (Å²) in [7, 11) is 0. The van der Waals surface area contributed by atoms with Gasteiger partial charge in [-0.3, -0.25) is 4.79 Å². The maximum absolute atomic E-state index is 11.9. The molecule has 0 saturated carbocycles. The number of amides is 1. The van der Waals surface area contributed by atoms with E-state index in [1.54, 1.807) is 0 Å². The normalized spacial score (nSPS) is 11.8. The number of rotatable bonds is 3. The topological polar surface area (TPSA) is 44.9 Å². The van der Waals surface area contributed by atoms with E-state index in [-0.39, 0.29) is 11.3 Å². The zero-order valence-electron chi connectivity index (χ0n) is 11.6. The van der Waals surface area contributed by atoms with Crippen LogP contribution in [0, 0.1) is 0 Å². The van der Waals surface area contributed by atoms with E-state index in [4.69, 9.17) is 0 Å². The van der Waals surface area contributed by atoms with E-state index in [0.29, 0.717) is 18.0 Å². The lowest BCUT2D eigenvalue weighted by Gasteiger charge is -2.18. The number of carbonyl (C=O) groups is 1. The Morgan fingerprint density at radius 3 is 2.68 bits per heavy atom. The van der Waals surface area contributed by atoms with Gasteiger partial charge >= 0.3 is 0 Å². The van der Waals surface area contributed by atoms with Crippen LogP contribution in [0.25, 0.3) is 10.9 Å². The van der Waals surface area contributed by atoms with Gasteiger partial charge in [-0.2, -0.15) is 12.6 Å². The minimum Gasteiger partial charge on any atom is -0.351 e. The summed E-state index contributed by atoms with van der Waals surface area (Å²) in [5.41, 5.74) is 2.97. The van der Waals surface area contributed by atoms with Crippen LogP contribution < -0.4 is 5.32 Å². The highest BCUT2D eigenvalue weighted by molar-refractivity contribution is 7.80. The summed E-state index contributed by atoms with van der Waals surface area (Å²) in [6.45, 7) is 7.12. The van der Waals surface area contributed by atoms with Crippen molar-refractivity contribution in [2.24, 2.45) is 0 Å². The number of hydrogen-bond acceptors (Lipinski definition) is 2. The van der Waals surface area contributed by atoms with Crippen molar-refractivity contribution in [2.45, 2.75) is 26.2 Å². The lowest BCUT2D eigenvalue weighted by molar-refractivity contribution is 0.0952. The van der Waals surface area contributed by atoms with Gasteiger partial charge in [0, 0.05) is 23.2 Å². The van der Waals surface area contributed by atoms with Crippen LogP contribution >= 0.6 is 12.6 Å². The maximum Gasteiger partial charge on any atom is 0.267 e. The summed E-state index contributed by atoms with van der Waals surface area (Å²) in [6, 6.07) is 8.18. The number of fused-ring (bicyclic) bond motifs is 1. The fourth-order valence-electron chi connectivity index (χ4n) is 1.99. The molecule has 1 aromatic heterocycles. The zero-order chi connectivity index (χ0) is 14.0. The average molecular weight is 276 g/mol. The van der Waals surface area contributed by atoms with Gasteiger partial charge in [0.05, 0.1) is 0 Å². The summed E-state index contributed by atoms with van der Waals surface area (Å²) in [4.78, 5) is 15.0. The Bertz CT molecular complexity index is 596. The van der Waals surface area contributed by atoms with Gasteiger partial charge in [0.15, 0.2) is 0 Å². The summed E-state index contributed by atoms with van der Waals surface area (Å²) < 4.78 is 0. The Labute approximate surface area is 119 Å². The minimum atomic E-state index is -0.0810. The van der Waals surface area contributed by atoms with Crippen molar-refractivity contribution in [3.63, 3.8) is 0 Å². The summed E-state index contributed by atoms with van der Waals surface area (Å²) in [6.07, 6.45) is 0. The molecule has 0 aliphatic carbocycles. The lowest BCUT2D eigenvalue weighted by Crippen LogP contribution is -2.25. The molecule has 0 unspecified atom stereocenters. The Hall–Kier alpha value is -1.42. The van der Waals surface area contributed by atoms with Crippen molar-refractivity contribution in [2.75, 3.05) is 12.3 Å². The number of benzene rings is 1. The molecule has 0 fully saturated rings.